The Morgan fingerprint density at radius 1 is 1.24 bits per heavy atom. The van der Waals surface area contributed by atoms with Crippen LogP contribution in [0, 0.1) is 12.7 Å². The number of nitrogen functional groups attached to an aromatic ring is 1. The summed E-state index contributed by atoms with van der Waals surface area (Å²) in [6.45, 7) is 3.04. The average molecular weight is 453 g/mol. The van der Waals surface area contributed by atoms with E-state index >= 15 is 4.39 Å². The molecule has 2 aliphatic rings. The van der Waals surface area contributed by atoms with Crippen LogP contribution in [-0.2, 0) is 9.47 Å². The minimum Gasteiger partial charge on any atom is -0.474 e. The van der Waals surface area contributed by atoms with Crippen LogP contribution in [0.2, 0.25) is 0 Å². The van der Waals surface area contributed by atoms with Gasteiger partial charge in [0.15, 0.2) is 5.82 Å². The fraction of sp³-hybridized carbons (Fsp3) is 0.348. The smallest absolute Gasteiger partial charge is 0.413 e. The van der Waals surface area contributed by atoms with E-state index in [0.717, 1.165) is 11.3 Å². The maximum atomic E-state index is 15.3. The molecule has 1 fully saturated rings. The predicted molar refractivity (Wildman–Crippen MR) is 122 cm³/mol. The molecular weight excluding hydrogens is 429 g/mol. The molecule has 1 saturated carbocycles. The van der Waals surface area contributed by atoms with Crippen LogP contribution in [0.4, 0.5) is 26.4 Å². The molecular formula is C23H24FN5O4. The number of nitrogens with zero attached hydrogens (tertiary/aromatic N) is 2. The number of aromatic nitrogens is 2. The quantitative estimate of drug-likeness (QED) is 0.510. The fourth-order valence-electron chi connectivity index (χ4n) is 4.15. The second-order valence-electron chi connectivity index (χ2n) is 8.18. The second kappa shape index (κ2) is 8.36. The molecule has 1 amide bonds. The molecule has 5 rings (SSSR count). The first-order valence-electron chi connectivity index (χ1n) is 10.7. The van der Waals surface area contributed by atoms with E-state index in [1.807, 2.05) is 6.92 Å². The first-order chi connectivity index (χ1) is 15.9. The summed E-state index contributed by atoms with van der Waals surface area (Å²) in [4.78, 5) is 20.7. The molecule has 0 spiro atoms. The largest absolute Gasteiger partial charge is 0.474 e. The number of rotatable bonds is 4. The summed E-state index contributed by atoms with van der Waals surface area (Å²) in [5.41, 5.74) is 8.54. The Morgan fingerprint density at radius 3 is 2.85 bits per heavy atom. The van der Waals surface area contributed by atoms with Crippen molar-refractivity contribution in [2.24, 2.45) is 0 Å². The van der Waals surface area contributed by atoms with Crippen LogP contribution in [0.1, 0.15) is 18.4 Å². The minimum absolute atomic E-state index is 0.0227. The van der Waals surface area contributed by atoms with Gasteiger partial charge in [-0.15, -0.1) is 0 Å². The van der Waals surface area contributed by atoms with E-state index in [0.29, 0.717) is 53.8 Å². The third-order valence-corrected chi connectivity index (χ3v) is 6.12. The van der Waals surface area contributed by atoms with E-state index in [1.165, 1.54) is 6.20 Å². The highest BCUT2D eigenvalue weighted by atomic mass is 19.1. The number of carbonyl (C=O) groups is 1. The Bertz CT molecular complexity index is 1250. The van der Waals surface area contributed by atoms with Gasteiger partial charge in [0.05, 0.1) is 11.8 Å². The van der Waals surface area contributed by atoms with Gasteiger partial charge in [0.25, 0.3) is 0 Å². The van der Waals surface area contributed by atoms with Gasteiger partial charge in [-0.2, -0.15) is 0 Å². The Labute approximate surface area is 189 Å². The van der Waals surface area contributed by atoms with Crippen LogP contribution in [-0.4, -0.2) is 48.5 Å². The van der Waals surface area contributed by atoms with Crippen LogP contribution in [0.15, 0.2) is 24.5 Å². The van der Waals surface area contributed by atoms with Gasteiger partial charge in [0, 0.05) is 55.4 Å². The van der Waals surface area contributed by atoms with E-state index in [9.17, 15) is 4.79 Å². The number of methoxy groups -OCH3 is 1. The summed E-state index contributed by atoms with van der Waals surface area (Å²) in [5, 5.41) is 6.95. The number of pyridine rings is 2. The van der Waals surface area contributed by atoms with Crippen molar-refractivity contribution >= 4 is 34.1 Å². The molecule has 172 valence electrons. The number of anilines is 3. The third kappa shape index (κ3) is 3.86. The number of halogens is 1. The highest BCUT2D eigenvalue weighted by molar-refractivity contribution is 5.99. The summed E-state index contributed by atoms with van der Waals surface area (Å²) in [5.74, 6) is 0.222. The zero-order valence-corrected chi connectivity index (χ0v) is 18.3. The monoisotopic (exact) mass is 453 g/mol. The Morgan fingerprint density at radius 2 is 2.06 bits per heavy atom. The lowest BCUT2D eigenvalue weighted by Gasteiger charge is -2.33. The first kappa shape index (κ1) is 21.2. The molecule has 0 atom stereocenters. The Balaban J connectivity index is 1.45. The van der Waals surface area contributed by atoms with E-state index in [4.69, 9.17) is 19.9 Å². The zero-order valence-electron chi connectivity index (χ0n) is 18.3. The Kier molecular flexibility index (Phi) is 5.37. The number of hydrogen-bond donors (Lipinski definition) is 3. The second-order valence-corrected chi connectivity index (χ2v) is 8.18. The molecule has 4 N–H and O–H groups in total. The molecule has 1 aliphatic heterocycles. The predicted octanol–water partition coefficient (Wildman–Crippen LogP) is 3.86. The van der Waals surface area contributed by atoms with Gasteiger partial charge in [-0.3, -0.25) is 5.32 Å². The zero-order chi connectivity index (χ0) is 23.1. The van der Waals surface area contributed by atoms with E-state index in [2.05, 4.69) is 20.6 Å². The van der Waals surface area contributed by atoms with Crippen LogP contribution in [0.5, 0.6) is 5.88 Å². The van der Waals surface area contributed by atoms with Crippen LogP contribution >= 0.6 is 0 Å². The van der Waals surface area contributed by atoms with Gasteiger partial charge in [-0.05, 0) is 30.0 Å². The molecule has 10 heteroatoms. The van der Waals surface area contributed by atoms with E-state index < -0.39 is 11.9 Å². The van der Waals surface area contributed by atoms with Crippen LogP contribution in [0.3, 0.4) is 0 Å². The molecule has 33 heavy (non-hydrogen) atoms. The number of carbonyl (C=O) groups excluding carboxylic acids is 1. The average Bonchev–Trinajstić information content (AvgIpc) is 2.79. The summed E-state index contributed by atoms with van der Waals surface area (Å²) in [6, 6.07) is 3.31. The van der Waals surface area contributed by atoms with E-state index in [1.54, 1.807) is 25.4 Å². The van der Waals surface area contributed by atoms with Crippen molar-refractivity contribution in [3.05, 3.63) is 35.9 Å². The van der Waals surface area contributed by atoms with Crippen molar-refractivity contribution in [1.82, 2.24) is 9.97 Å². The van der Waals surface area contributed by atoms with Gasteiger partial charge >= 0.3 is 6.09 Å². The normalized spacial score (nSPS) is 19.1. The summed E-state index contributed by atoms with van der Waals surface area (Å²) in [7, 11) is 1.63. The van der Waals surface area contributed by atoms with Crippen LogP contribution < -0.4 is 21.1 Å². The molecule has 2 aromatic heterocycles. The summed E-state index contributed by atoms with van der Waals surface area (Å²) >= 11 is 0. The highest BCUT2D eigenvalue weighted by Crippen LogP contribution is 2.39. The van der Waals surface area contributed by atoms with Crippen molar-refractivity contribution < 1.29 is 23.4 Å². The molecule has 9 nitrogen and oxygen atoms in total. The number of amides is 1. The van der Waals surface area contributed by atoms with Gasteiger partial charge in [0.1, 0.15) is 24.2 Å². The fourth-order valence-corrected chi connectivity index (χ4v) is 4.15. The number of nitrogens with two attached hydrogens (primary N) is 1. The molecule has 0 bridgehead atoms. The number of ether oxygens (including phenoxy) is 3. The van der Waals surface area contributed by atoms with Gasteiger partial charge in [0.2, 0.25) is 5.88 Å². The first-order valence-corrected chi connectivity index (χ1v) is 10.7. The summed E-state index contributed by atoms with van der Waals surface area (Å²) < 4.78 is 31.4. The number of nitrogens with one attached hydrogen (secondary N) is 2. The third-order valence-electron chi connectivity index (χ3n) is 6.12. The maximum absolute atomic E-state index is 15.3. The Hall–Kier alpha value is -3.66. The molecule has 1 aliphatic carbocycles. The molecule has 3 aromatic rings. The van der Waals surface area contributed by atoms with Crippen molar-refractivity contribution in [3.8, 4) is 17.0 Å². The molecule has 1 aromatic carbocycles. The lowest BCUT2D eigenvalue weighted by molar-refractivity contribution is -0.0532. The van der Waals surface area contributed by atoms with Crippen molar-refractivity contribution in [2.45, 2.75) is 32.0 Å². The number of fused-ring (bicyclic) bond motifs is 2. The lowest BCUT2D eigenvalue weighted by Crippen LogP contribution is -2.39. The van der Waals surface area contributed by atoms with Crippen molar-refractivity contribution in [1.29, 1.82) is 0 Å². The molecule has 0 unspecified atom stereocenters. The van der Waals surface area contributed by atoms with E-state index in [-0.39, 0.29) is 23.7 Å². The molecule has 0 radical (unpaired) electrons. The summed E-state index contributed by atoms with van der Waals surface area (Å²) in [6.07, 6.45) is 3.70. The number of benzene rings is 1. The lowest BCUT2D eigenvalue weighted by atomic mass is 9.92. The molecule has 3 heterocycles. The SMILES string of the molecule is CO[C@H]1C[C@H](OC(=O)Nc2cc3cc(-c4cnc5c(c4C)NCCO5)c(F)c(N)c3cn2)C1. The van der Waals surface area contributed by atoms with Crippen LogP contribution in [0.25, 0.3) is 21.9 Å². The van der Waals surface area contributed by atoms with Crippen molar-refractivity contribution in [3.63, 3.8) is 0 Å². The molecule has 0 saturated heterocycles. The topological polar surface area (TPSA) is 121 Å². The van der Waals surface area contributed by atoms with Gasteiger partial charge in [-0.25, -0.2) is 19.2 Å². The standard InChI is InChI=1S/C23H24FN5O4/c1-11-16(9-28-22-21(11)26-3-4-32-22)15-5-12-6-18(27-10-17(12)20(25)19(15)24)29-23(30)33-14-7-13(8-14)31-2/h5-6,9-10,13-14,26H,3-4,7-8,25H2,1-2H3,(H,27,29,30)/t13-,14-. The van der Waals surface area contributed by atoms with Gasteiger partial charge in [-0.1, -0.05) is 0 Å². The highest BCUT2D eigenvalue weighted by Gasteiger charge is 2.32. The minimum atomic E-state index is -0.600. The van der Waals surface area contributed by atoms with Crippen molar-refractivity contribution in [2.75, 3.05) is 36.6 Å². The number of hydrogen-bond acceptors (Lipinski definition) is 8. The maximum Gasteiger partial charge on any atom is 0.413 e. The van der Waals surface area contributed by atoms with Gasteiger partial charge < -0.3 is 25.3 Å².